The van der Waals surface area contributed by atoms with Gasteiger partial charge in [-0.3, -0.25) is 14.5 Å². The Kier molecular flexibility index (Phi) is 5.36. The predicted molar refractivity (Wildman–Crippen MR) is 131 cm³/mol. The number of fused-ring (bicyclic) bond motifs is 3. The van der Waals surface area contributed by atoms with Crippen LogP contribution in [0.4, 0.5) is 5.69 Å². The Labute approximate surface area is 193 Å². The minimum atomic E-state index is -1.01. The number of rotatable bonds is 3. The van der Waals surface area contributed by atoms with Crippen molar-refractivity contribution in [3.05, 3.63) is 52.5 Å². The average Bonchev–Trinajstić information content (AvgIpc) is 3.25. The summed E-state index contributed by atoms with van der Waals surface area (Å²) in [5.41, 5.74) is 3.76. The first-order valence-corrected chi connectivity index (χ1v) is 12.6. The van der Waals surface area contributed by atoms with Crippen LogP contribution in [0.3, 0.4) is 0 Å². The first-order chi connectivity index (χ1) is 15.4. The van der Waals surface area contributed by atoms with Gasteiger partial charge in [0.2, 0.25) is 5.91 Å². The van der Waals surface area contributed by atoms with Gasteiger partial charge < -0.3 is 9.88 Å². The molecule has 5 nitrogen and oxygen atoms in total. The van der Waals surface area contributed by atoms with Crippen LogP contribution >= 0.6 is 11.3 Å². The third-order valence-corrected chi connectivity index (χ3v) is 8.19. The first kappa shape index (κ1) is 21.3. The molecule has 0 spiro atoms. The first-order valence-electron chi connectivity index (χ1n) is 11.7. The van der Waals surface area contributed by atoms with Crippen LogP contribution in [0.5, 0.6) is 0 Å². The van der Waals surface area contributed by atoms with Crippen molar-refractivity contribution in [3.8, 4) is 0 Å². The minimum Gasteiger partial charge on any atom is -0.351 e. The molecule has 1 unspecified atom stereocenters. The quantitative estimate of drug-likeness (QED) is 0.531. The molecule has 1 fully saturated rings. The van der Waals surface area contributed by atoms with Gasteiger partial charge in [-0.25, -0.2) is 0 Å². The van der Waals surface area contributed by atoms with Gasteiger partial charge in [-0.2, -0.15) is 0 Å². The van der Waals surface area contributed by atoms with E-state index in [9.17, 15) is 9.59 Å². The van der Waals surface area contributed by atoms with E-state index in [2.05, 4.69) is 19.2 Å². The number of nitrogens with one attached hydrogen (secondary N) is 1. The van der Waals surface area contributed by atoms with E-state index in [0.717, 1.165) is 47.2 Å². The lowest BCUT2D eigenvalue weighted by molar-refractivity contribution is -0.127. The highest BCUT2D eigenvalue weighted by molar-refractivity contribution is 7.17. The Balaban J connectivity index is 1.59. The van der Waals surface area contributed by atoms with Crippen LogP contribution in [-0.2, 0) is 11.3 Å². The largest absolute Gasteiger partial charge is 0.351 e. The van der Waals surface area contributed by atoms with E-state index in [1.807, 2.05) is 47.2 Å². The molecule has 1 aliphatic carbocycles. The Morgan fingerprint density at radius 2 is 1.81 bits per heavy atom. The standard InChI is InChI=1S/C26H31N3O2S/c1-17-10-11-20(14-18(17)2)29-24(30)22-15-23-21(12-13-32-23)28(22)16-26(29,3)25(31)27-19-8-6-4-5-7-9-19/h10-15,19H,4-9,16H2,1-3H3,(H,27,31). The number of anilines is 1. The Morgan fingerprint density at radius 1 is 1.06 bits per heavy atom. The molecular weight excluding hydrogens is 418 g/mol. The van der Waals surface area contributed by atoms with E-state index in [1.54, 1.807) is 16.2 Å². The second kappa shape index (κ2) is 8.07. The molecule has 1 atom stereocenters. The van der Waals surface area contributed by atoms with Crippen molar-refractivity contribution >= 4 is 39.1 Å². The fourth-order valence-corrected chi connectivity index (χ4v) is 6.07. The van der Waals surface area contributed by atoms with E-state index in [1.165, 1.54) is 18.4 Å². The fraction of sp³-hybridized carbons (Fsp3) is 0.462. The molecule has 1 aliphatic heterocycles. The molecule has 2 amide bonds. The van der Waals surface area contributed by atoms with Gasteiger partial charge >= 0.3 is 0 Å². The molecule has 3 heterocycles. The molecule has 1 aromatic carbocycles. The molecule has 3 aromatic rings. The molecule has 32 heavy (non-hydrogen) atoms. The second-order valence-electron chi connectivity index (χ2n) is 9.63. The molecule has 168 valence electrons. The summed E-state index contributed by atoms with van der Waals surface area (Å²) in [7, 11) is 0. The summed E-state index contributed by atoms with van der Waals surface area (Å²) in [5, 5.41) is 5.38. The van der Waals surface area contributed by atoms with Crippen molar-refractivity contribution in [2.45, 2.75) is 77.4 Å². The molecule has 5 rings (SSSR count). The summed E-state index contributed by atoms with van der Waals surface area (Å²) in [6.45, 7) is 6.48. The highest BCUT2D eigenvalue weighted by Crippen LogP contribution is 2.38. The number of aromatic nitrogens is 1. The molecule has 1 N–H and O–H groups in total. The van der Waals surface area contributed by atoms with Gasteiger partial charge in [0.25, 0.3) is 5.91 Å². The number of benzene rings is 1. The molecule has 2 aliphatic rings. The topological polar surface area (TPSA) is 54.3 Å². The monoisotopic (exact) mass is 449 g/mol. The highest BCUT2D eigenvalue weighted by atomic mass is 32.1. The maximum atomic E-state index is 13.9. The number of amides is 2. The predicted octanol–water partition coefficient (Wildman–Crippen LogP) is 5.58. The van der Waals surface area contributed by atoms with Crippen molar-refractivity contribution < 1.29 is 9.59 Å². The third-order valence-electron chi connectivity index (χ3n) is 7.33. The number of nitrogens with zero attached hydrogens (tertiary/aromatic N) is 2. The fourth-order valence-electron chi connectivity index (χ4n) is 5.25. The smallest absolute Gasteiger partial charge is 0.275 e. The Hall–Kier alpha value is -2.60. The van der Waals surface area contributed by atoms with Crippen molar-refractivity contribution in [2.24, 2.45) is 0 Å². The number of thiophene rings is 1. The Morgan fingerprint density at radius 3 is 2.53 bits per heavy atom. The maximum absolute atomic E-state index is 13.9. The number of hydrogen-bond acceptors (Lipinski definition) is 3. The number of aryl methyl sites for hydroxylation is 2. The van der Waals surface area contributed by atoms with Crippen molar-refractivity contribution in [1.29, 1.82) is 0 Å². The summed E-state index contributed by atoms with van der Waals surface area (Å²) >= 11 is 1.63. The maximum Gasteiger partial charge on any atom is 0.275 e. The van der Waals surface area contributed by atoms with Crippen LogP contribution in [0.25, 0.3) is 10.2 Å². The van der Waals surface area contributed by atoms with E-state index < -0.39 is 5.54 Å². The zero-order valence-electron chi connectivity index (χ0n) is 19.1. The third kappa shape index (κ3) is 3.45. The van der Waals surface area contributed by atoms with Crippen LogP contribution in [0, 0.1) is 13.8 Å². The van der Waals surface area contributed by atoms with Crippen LogP contribution in [-0.4, -0.2) is 28.0 Å². The molecule has 0 saturated heterocycles. The van der Waals surface area contributed by atoms with Gasteiger partial charge in [0.05, 0.1) is 16.8 Å². The molecule has 0 radical (unpaired) electrons. The normalized spacial score (nSPS) is 22.1. The van der Waals surface area contributed by atoms with Gasteiger partial charge in [-0.15, -0.1) is 11.3 Å². The zero-order valence-corrected chi connectivity index (χ0v) is 19.9. The van der Waals surface area contributed by atoms with E-state index in [-0.39, 0.29) is 17.9 Å². The van der Waals surface area contributed by atoms with Crippen LogP contribution in [0.1, 0.15) is 67.1 Å². The van der Waals surface area contributed by atoms with Gasteiger partial charge in [0, 0.05) is 11.7 Å². The summed E-state index contributed by atoms with van der Waals surface area (Å²) in [6.07, 6.45) is 6.81. The average molecular weight is 450 g/mol. The van der Waals surface area contributed by atoms with Crippen LogP contribution in [0.2, 0.25) is 0 Å². The van der Waals surface area contributed by atoms with Gasteiger partial charge in [0.1, 0.15) is 11.2 Å². The van der Waals surface area contributed by atoms with Gasteiger partial charge in [-0.1, -0.05) is 31.7 Å². The molecule has 0 bridgehead atoms. The lowest BCUT2D eigenvalue weighted by Crippen LogP contribution is -2.65. The second-order valence-corrected chi connectivity index (χ2v) is 10.6. The van der Waals surface area contributed by atoms with Gasteiger partial charge in [-0.05, 0) is 74.4 Å². The lowest BCUT2D eigenvalue weighted by atomic mass is 9.92. The number of hydrogen-bond donors (Lipinski definition) is 1. The lowest BCUT2D eigenvalue weighted by Gasteiger charge is -2.44. The Bertz CT molecular complexity index is 1190. The van der Waals surface area contributed by atoms with E-state index in [0.29, 0.717) is 12.2 Å². The summed E-state index contributed by atoms with van der Waals surface area (Å²) in [5.74, 6) is -0.167. The summed E-state index contributed by atoms with van der Waals surface area (Å²) in [6, 6.07) is 10.2. The van der Waals surface area contributed by atoms with Crippen LogP contribution in [0.15, 0.2) is 35.7 Å². The summed E-state index contributed by atoms with van der Waals surface area (Å²) < 4.78 is 3.13. The van der Waals surface area contributed by atoms with Crippen molar-refractivity contribution in [2.75, 3.05) is 4.90 Å². The SMILES string of the molecule is Cc1ccc(N2C(=O)c3cc4sccc4n3CC2(C)C(=O)NC2CCCCCC2)cc1C. The molecule has 1 saturated carbocycles. The van der Waals surface area contributed by atoms with Gasteiger partial charge in [0.15, 0.2) is 0 Å². The zero-order chi connectivity index (χ0) is 22.5. The van der Waals surface area contributed by atoms with Crippen molar-refractivity contribution in [1.82, 2.24) is 9.88 Å². The van der Waals surface area contributed by atoms with E-state index >= 15 is 0 Å². The summed E-state index contributed by atoms with van der Waals surface area (Å²) in [4.78, 5) is 29.5. The van der Waals surface area contributed by atoms with E-state index in [4.69, 9.17) is 0 Å². The van der Waals surface area contributed by atoms with Crippen molar-refractivity contribution in [3.63, 3.8) is 0 Å². The molecule has 6 heteroatoms. The molecule has 2 aromatic heterocycles. The number of carbonyl (C=O) groups excluding carboxylic acids is 2. The molecular formula is C26H31N3O2S. The highest BCUT2D eigenvalue weighted by Gasteiger charge is 2.49. The van der Waals surface area contributed by atoms with Crippen LogP contribution < -0.4 is 10.2 Å². The number of carbonyl (C=O) groups is 2. The minimum absolute atomic E-state index is 0.0568.